The van der Waals surface area contributed by atoms with E-state index >= 15 is 0 Å². The molecule has 2 atom stereocenters. The van der Waals surface area contributed by atoms with Crippen LogP contribution in [0.4, 0.5) is 0 Å². The molecule has 2 aromatic heterocycles. The van der Waals surface area contributed by atoms with Gasteiger partial charge in [0.2, 0.25) is 5.91 Å². The Balaban J connectivity index is 1.59. The average Bonchev–Trinajstić information content (AvgIpc) is 3.16. The zero-order chi connectivity index (χ0) is 16.2. The van der Waals surface area contributed by atoms with Gasteiger partial charge in [-0.25, -0.2) is 0 Å². The number of pyridine rings is 1. The number of nitrogens with one attached hydrogen (secondary N) is 1. The molecule has 1 aliphatic heterocycles. The predicted molar refractivity (Wildman–Crippen MR) is 85.7 cm³/mol. The Morgan fingerprint density at radius 1 is 1.48 bits per heavy atom. The molecule has 6 heteroatoms. The van der Waals surface area contributed by atoms with Gasteiger partial charge in [0.15, 0.2) is 0 Å². The zero-order valence-corrected chi connectivity index (χ0v) is 13.5. The summed E-state index contributed by atoms with van der Waals surface area (Å²) in [5, 5.41) is 7.27. The molecule has 3 heterocycles. The second-order valence-electron chi connectivity index (χ2n) is 5.86. The fourth-order valence-corrected chi connectivity index (χ4v) is 2.95. The Labute approximate surface area is 135 Å². The summed E-state index contributed by atoms with van der Waals surface area (Å²) in [6, 6.07) is 5.81. The van der Waals surface area contributed by atoms with Crippen molar-refractivity contribution in [2.45, 2.75) is 25.9 Å². The molecule has 23 heavy (non-hydrogen) atoms. The van der Waals surface area contributed by atoms with Crippen LogP contribution in [0, 0.1) is 12.8 Å². The second kappa shape index (κ2) is 6.91. The maximum Gasteiger partial charge on any atom is 0.226 e. The smallest absolute Gasteiger partial charge is 0.226 e. The number of hydrogen-bond donors (Lipinski definition) is 1. The van der Waals surface area contributed by atoms with Gasteiger partial charge in [-0.05, 0) is 25.5 Å². The molecule has 122 valence electrons. The van der Waals surface area contributed by atoms with Crippen LogP contribution in [0.3, 0.4) is 0 Å². The molecule has 1 N–H and O–H groups in total. The lowest BCUT2D eigenvalue weighted by atomic mass is 9.95. The number of carbonyl (C=O) groups excluding carboxylic acids is 1. The molecule has 0 spiro atoms. The van der Waals surface area contributed by atoms with E-state index < -0.39 is 0 Å². The van der Waals surface area contributed by atoms with E-state index in [2.05, 4.69) is 15.4 Å². The highest BCUT2D eigenvalue weighted by molar-refractivity contribution is 5.79. The highest BCUT2D eigenvalue weighted by Crippen LogP contribution is 2.35. The van der Waals surface area contributed by atoms with Gasteiger partial charge in [0.1, 0.15) is 0 Å². The van der Waals surface area contributed by atoms with E-state index in [1.54, 1.807) is 12.4 Å². The monoisotopic (exact) mass is 314 g/mol. The summed E-state index contributed by atoms with van der Waals surface area (Å²) in [6.07, 6.45) is 4.85. The summed E-state index contributed by atoms with van der Waals surface area (Å²) in [5.41, 5.74) is 3.04. The average molecular weight is 314 g/mol. The molecule has 0 aliphatic carbocycles. The lowest BCUT2D eigenvalue weighted by Crippen LogP contribution is -2.33. The number of carbonyl (C=O) groups is 1. The van der Waals surface area contributed by atoms with Crippen molar-refractivity contribution in [3.8, 4) is 0 Å². The van der Waals surface area contributed by atoms with E-state index in [1.807, 2.05) is 36.9 Å². The molecule has 3 rings (SSSR count). The Morgan fingerprint density at radius 3 is 3.04 bits per heavy atom. The molecule has 6 nitrogen and oxygen atoms in total. The Morgan fingerprint density at radius 2 is 2.35 bits per heavy atom. The van der Waals surface area contributed by atoms with Gasteiger partial charge in [0.05, 0.1) is 18.2 Å². The van der Waals surface area contributed by atoms with Crippen LogP contribution >= 0.6 is 0 Å². The first-order chi connectivity index (χ1) is 11.2. The number of amides is 1. The summed E-state index contributed by atoms with van der Waals surface area (Å²) in [7, 11) is 1.90. The van der Waals surface area contributed by atoms with E-state index in [9.17, 15) is 4.79 Å². The number of rotatable bonds is 5. The van der Waals surface area contributed by atoms with Gasteiger partial charge < -0.3 is 10.1 Å². The minimum absolute atomic E-state index is 0.0479. The first kappa shape index (κ1) is 15.7. The SMILES string of the molecule is Cc1c([C@H]2OCC[C@@H]2C(=O)NCCc2ccccn2)cnn1C. The molecular weight excluding hydrogens is 292 g/mol. The first-order valence-corrected chi connectivity index (χ1v) is 7.94. The van der Waals surface area contributed by atoms with Crippen LogP contribution in [-0.4, -0.2) is 33.8 Å². The van der Waals surface area contributed by atoms with E-state index in [0.717, 1.165) is 29.8 Å². The topological polar surface area (TPSA) is 69.0 Å². The zero-order valence-electron chi connectivity index (χ0n) is 13.5. The first-order valence-electron chi connectivity index (χ1n) is 7.94. The van der Waals surface area contributed by atoms with Crippen LogP contribution in [0.25, 0.3) is 0 Å². The molecule has 0 saturated carbocycles. The van der Waals surface area contributed by atoms with Gasteiger partial charge in [0.25, 0.3) is 0 Å². The summed E-state index contributed by atoms with van der Waals surface area (Å²) in [5.74, 6) is -0.103. The standard InChI is InChI=1S/C17H22N4O2/c1-12-15(11-20-21(12)2)16-14(7-10-23-16)17(22)19-9-6-13-5-3-4-8-18-13/h3-5,8,11,14,16H,6-7,9-10H2,1-2H3,(H,19,22)/t14-,16-/m0/s1. The molecule has 0 unspecified atom stereocenters. The molecule has 2 aromatic rings. The summed E-state index contributed by atoms with van der Waals surface area (Å²) in [6.45, 7) is 3.20. The van der Waals surface area contributed by atoms with Crippen molar-refractivity contribution in [1.82, 2.24) is 20.1 Å². The number of aryl methyl sites for hydroxylation is 1. The molecule has 1 fully saturated rings. The fraction of sp³-hybridized carbons (Fsp3) is 0.471. The van der Waals surface area contributed by atoms with Gasteiger partial charge in [0, 0.05) is 49.8 Å². The summed E-state index contributed by atoms with van der Waals surface area (Å²) < 4.78 is 7.62. The van der Waals surface area contributed by atoms with Gasteiger partial charge in [-0.2, -0.15) is 5.10 Å². The lowest BCUT2D eigenvalue weighted by molar-refractivity contribution is -0.126. The number of hydrogen-bond acceptors (Lipinski definition) is 4. The maximum atomic E-state index is 12.5. The number of ether oxygens (including phenoxy) is 1. The normalized spacial score (nSPS) is 20.6. The van der Waals surface area contributed by atoms with Gasteiger partial charge in [-0.1, -0.05) is 6.07 Å². The van der Waals surface area contributed by atoms with Crippen molar-refractivity contribution >= 4 is 5.91 Å². The molecular formula is C17H22N4O2. The van der Waals surface area contributed by atoms with Crippen molar-refractivity contribution in [2.24, 2.45) is 13.0 Å². The van der Waals surface area contributed by atoms with Crippen LogP contribution in [-0.2, 0) is 23.0 Å². The molecule has 0 bridgehead atoms. The van der Waals surface area contributed by atoms with Gasteiger partial charge >= 0.3 is 0 Å². The minimum atomic E-state index is -0.196. The van der Waals surface area contributed by atoms with E-state index in [0.29, 0.717) is 13.2 Å². The number of aromatic nitrogens is 3. The molecule has 1 amide bonds. The third-order valence-corrected chi connectivity index (χ3v) is 4.41. The van der Waals surface area contributed by atoms with Crippen LogP contribution < -0.4 is 5.32 Å². The maximum absolute atomic E-state index is 12.5. The van der Waals surface area contributed by atoms with Crippen molar-refractivity contribution < 1.29 is 9.53 Å². The Hall–Kier alpha value is -2.21. The lowest BCUT2D eigenvalue weighted by Gasteiger charge is -2.18. The quantitative estimate of drug-likeness (QED) is 0.909. The van der Waals surface area contributed by atoms with Crippen LogP contribution in [0.2, 0.25) is 0 Å². The summed E-state index contributed by atoms with van der Waals surface area (Å²) >= 11 is 0. The second-order valence-corrected chi connectivity index (χ2v) is 5.86. The molecule has 0 radical (unpaired) electrons. The molecule has 0 aromatic carbocycles. The fourth-order valence-electron chi connectivity index (χ4n) is 2.95. The van der Waals surface area contributed by atoms with Crippen molar-refractivity contribution in [1.29, 1.82) is 0 Å². The van der Waals surface area contributed by atoms with Crippen molar-refractivity contribution in [3.63, 3.8) is 0 Å². The molecule has 1 saturated heterocycles. The summed E-state index contributed by atoms with van der Waals surface area (Å²) in [4.78, 5) is 16.8. The predicted octanol–water partition coefficient (Wildman–Crippen LogP) is 1.56. The largest absolute Gasteiger partial charge is 0.373 e. The van der Waals surface area contributed by atoms with Gasteiger partial charge in [-0.15, -0.1) is 0 Å². The van der Waals surface area contributed by atoms with Crippen LogP contribution in [0.1, 0.15) is 29.5 Å². The molecule has 1 aliphatic rings. The minimum Gasteiger partial charge on any atom is -0.373 e. The van der Waals surface area contributed by atoms with E-state index in [4.69, 9.17) is 4.74 Å². The van der Waals surface area contributed by atoms with Crippen LogP contribution in [0.5, 0.6) is 0 Å². The van der Waals surface area contributed by atoms with Crippen LogP contribution in [0.15, 0.2) is 30.6 Å². The highest BCUT2D eigenvalue weighted by atomic mass is 16.5. The van der Waals surface area contributed by atoms with Crippen molar-refractivity contribution in [2.75, 3.05) is 13.2 Å². The Bertz CT molecular complexity index is 668. The van der Waals surface area contributed by atoms with Gasteiger partial charge in [-0.3, -0.25) is 14.5 Å². The third-order valence-electron chi connectivity index (χ3n) is 4.41. The van der Waals surface area contributed by atoms with E-state index in [1.165, 1.54) is 0 Å². The highest BCUT2D eigenvalue weighted by Gasteiger charge is 2.36. The van der Waals surface area contributed by atoms with E-state index in [-0.39, 0.29) is 17.9 Å². The Kier molecular flexibility index (Phi) is 4.71. The third kappa shape index (κ3) is 3.42. The number of nitrogens with zero attached hydrogens (tertiary/aromatic N) is 3. The van der Waals surface area contributed by atoms with Crippen molar-refractivity contribution in [3.05, 3.63) is 47.5 Å².